The van der Waals surface area contributed by atoms with Gasteiger partial charge in [-0.1, -0.05) is 19.8 Å². The summed E-state index contributed by atoms with van der Waals surface area (Å²) < 4.78 is 0. The zero-order valence-corrected chi connectivity index (χ0v) is 13.4. The highest BCUT2D eigenvalue weighted by Crippen LogP contribution is 2.16. The van der Waals surface area contributed by atoms with E-state index in [1.807, 2.05) is 4.90 Å². The molecule has 5 nitrogen and oxygen atoms in total. The molecule has 0 aliphatic carbocycles. The molecule has 2 amide bonds. The molecule has 1 aliphatic heterocycles. The van der Waals surface area contributed by atoms with Crippen LogP contribution in [0.15, 0.2) is 0 Å². The summed E-state index contributed by atoms with van der Waals surface area (Å²) in [5.74, 6) is 0.777. The molecule has 21 heavy (non-hydrogen) atoms. The van der Waals surface area contributed by atoms with Crippen molar-refractivity contribution in [2.45, 2.75) is 58.3 Å². The summed E-state index contributed by atoms with van der Waals surface area (Å²) in [6, 6.07) is 0. The molecule has 0 aromatic rings. The highest BCUT2D eigenvalue weighted by molar-refractivity contribution is 5.79. The van der Waals surface area contributed by atoms with Crippen molar-refractivity contribution in [2.75, 3.05) is 26.2 Å². The van der Waals surface area contributed by atoms with E-state index in [9.17, 15) is 9.59 Å². The lowest BCUT2D eigenvalue weighted by molar-refractivity contribution is -0.130. The van der Waals surface area contributed by atoms with Crippen molar-refractivity contribution in [3.63, 3.8) is 0 Å². The molecule has 3 N–H and O–H groups in total. The Morgan fingerprint density at radius 1 is 1.14 bits per heavy atom. The predicted octanol–water partition coefficient (Wildman–Crippen LogP) is 1.66. The first-order valence-corrected chi connectivity index (χ1v) is 8.42. The van der Waals surface area contributed by atoms with Crippen molar-refractivity contribution in [2.24, 2.45) is 11.7 Å². The predicted molar refractivity (Wildman–Crippen MR) is 84.7 cm³/mol. The van der Waals surface area contributed by atoms with Crippen LogP contribution in [0, 0.1) is 5.92 Å². The van der Waals surface area contributed by atoms with E-state index < -0.39 is 0 Å². The van der Waals surface area contributed by atoms with Crippen LogP contribution in [0.25, 0.3) is 0 Å². The molecule has 1 atom stereocenters. The molecular formula is C16H31N3O2. The maximum Gasteiger partial charge on any atom is 0.224 e. The Balaban J connectivity index is 2.11. The van der Waals surface area contributed by atoms with E-state index in [2.05, 4.69) is 12.2 Å². The van der Waals surface area contributed by atoms with Gasteiger partial charge >= 0.3 is 0 Å². The van der Waals surface area contributed by atoms with Gasteiger partial charge in [0, 0.05) is 32.5 Å². The number of rotatable bonds is 10. The molecular weight excluding hydrogens is 266 g/mol. The van der Waals surface area contributed by atoms with Crippen LogP contribution in [0.3, 0.4) is 0 Å². The number of nitrogens with zero attached hydrogens (tertiary/aromatic N) is 1. The van der Waals surface area contributed by atoms with Crippen LogP contribution in [0.2, 0.25) is 0 Å². The Labute approximate surface area is 128 Å². The van der Waals surface area contributed by atoms with Gasteiger partial charge in [0.05, 0.1) is 0 Å². The van der Waals surface area contributed by atoms with Crippen molar-refractivity contribution >= 4 is 11.8 Å². The summed E-state index contributed by atoms with van der Waals surface area (Å²) in [6.45, 7) is 5.07. The second-order valence-corrected chi connectivity index (χ2v) is 5.96. The van der Waals surface area contributed by atoms with Gasteiger partial charge in [0.2, 0.25) is 11.8 Å². The number of nitrogens with one attached hydrogen (secondary N) is 1. The molecule has 5 heteroatoms. The van der Waals surface area contributed by atoms with Gasteiger partial charge in [0.15, 0.2) is 0 Å². The molecule has 0 spiro atoms. The van der Waals surface area contributed by atoms with E-state index in [0.29, 0.717) is 31.8 Å². The van der Waals surface area contributed by atoms with Gasteiger partial charge in [-0.05, 0) is 38.1 Å². The average molecular weight is 297 g/mol. The van der Waals surface area contributed by atoms with Crippen LogP contribution in [0.5, 0.6) is 0 Å². The number of carbonyl (C=O) groups is 2. The van der Waals surface area contributed by atoms with Gasteiger partial charge < -0.3 is 16.0 Å². The minimum atomic E-state index is 0.0577. The standard InChI is InChI=1S/C16H31N3O2/c1-2-5-14(8-10-17)6-7-15(20)18-11-9-16(21)19-12-3-4-13-19/h14H,2-13,17H2,1H3,(H,18,20). The monoisotopic (exact) mass is 297 g/mol. The van der Waals surface area contributed by atoms with E-state index in [-0.39, 0.29) is 11.8 Å². The maximum absolute atomic E-state index is 11.8. The van der Waals surface area contributed by atoms with Crippen LogP contribution < -0.4 is 11.1 Å². The molecule has 0 saturated carbocycles. The summed E-state index contributed by atoms with van der Waals surface area (Å²) >= 11 is 0. The third kappa shape index (κ3) is 7.46. The lowest BCUT2D eigenvalue weighted by atomic mass is 9.94. The Morgan fingerprint density at radius 2 is 1.86 bits per heavy atom. The summed E-state index contributed by atoms with van der Waals surface area (Å²) in [4.78, 5) is 25.5. The fourth-order valence-corrected chi connectivity index (χ4v) is 2.93. The van der Waals surface area contributed by atoms with Gasteiger partial charge in [0.25, 0.3) is 0 Å². The molecule has 1 saturated heterocycles. The zero-order chi connectivity index (χ0) is 15.5. The minimum absolute atomic E-state index is 0.0577. The fourth-order valence-electron chi connectivity index (χ4n) is 2.93. The smallest absolute Gasteiger partial charge is 0.224 e. The van der Waals surface area contributed by atoms with Crippen molar-refractivity contribution in [3.05, 3.63) is 0 Å². The fraction of sp³-hybridized carbons (Fsp3) is 0.875. The van der Waals surface area contributed by atoms with Gasteiger partial charge in [-0.15, -0.1) is 0 Å². The zero-order valence-electron chi connectivity index (χ0n) is 13.4. The third-order valence-electron chi connectivity index (χ3n) is 4.17. The van der Waals surface area contributed by atoms with Crippen molar-refractivity contribution < 1.29 is 9.59 Å². The second-order valence-electron chi connectivity index (χ2n) is 5.96. The first kappa shape index (κ1) is 18.0. The molecule has 1 fully saturated rings. The quantitative estimate of drug-likeness (QED) is 0.644. The van der Waals surface area contributed by atoms with E-state index in [4.69, 9.17) is 5.73 Å². The van der Waals surface area contributed by atoms with E-state index in [0.717, 1.165) is 51.6 Å². The normalized spacial score (nSPS) is 16.0. The van der Waals surface area contributed by atoms with Crippen LogP contribution in [-0.2, 0) is 9.59 Å². The molecule has 0 bridgehead atoms. The summed E-state index contributed by atoms with van der Waals surface area (Å²) in [7, 11) is 0. The van der Waals surface area contributed by atoms with Gasteiger partial charge in [0.1, 0.15) is 0 Å². The lowest BCUT2D eigenvalue weighted by Gasteiger charge is -2.16. The largest absolute Gasteiger partial charge is 0.356 e. The average Bonchev–Trinajstić information content (AvgIpc) is 2.99. The Hall–Kier alpha value is -1.10. The topological polar surface area (TPSA) is 75.4 Å². The Kier molecular flexibility index (Phi) is 9.06. The van der Waals surface area contributed by atoms with Gasteiger partial charge in [-0.25, -0.2) is 0 Å². The number of hydrogen-bond donors (Lipinski definition) is 2. The number of amides is 2. The molecule has 0 aromatic carbocycles. The molecule has 0 radical (unpaired) electrons. The van der Waals surface area contributed by atoms with Gasteiger partial charge in [-0.3, -0.25) is 9.59 Å². The van der Waals surface area contributed by atoms with Crippen molar-refractivity contribution in [1.82, 2.24) is 10.2 Å². The summed E-state index contributed by atoms with van der Waals surface area (Å²) in [5, 5.41) is 2.86. The second kappa shape index (κ2) is 10.6. The molecule has 122 valence electrons. The van der Waals surface area contributed by atoms with E-state index in [1.54, 1.807) is 0 Å². The molecule has 1 aliphatic rings. The first-order valence-electron chi connectivity index (χ1n) is 8.42. The Bertz CT molecular complexity index is 309. The minimum Gasteiger partial charge on any atom is -0.356 e. The van der Waals surface area contributed by atoms with Gasteiger partial charge in [-0.2, -0.15) is 0 Å². The molecule has 1 heterocycles. The SMILES string of the molecule is CCCC(CCN)CCC(=O)NCCC(=O)N1CCCC1. The van der Waals surface area contributed by atoms with Crippen LogP contribution in [-0.4, -0.2) is 42.9 Å². The number of likely N-dealkylation sites (tertiary alicyclic amines) is 1. The lowest BCUT2D eigenvalue weighted by Crippen LogP contribution is -2.32. The van der Waals surface area contributed by atoms with Crippen molar-refractivity contribution in [1.29, 1.82) is 0 Å². The van der Waals surface area contributed by atoms with Crippen LogP contribution in [0.4, 0.5) is 0 Å². The third-order valence-corrected chi connectivity index (χ3v) is 4.17. The molecule has 1 unspecified atom stereocenters. The van der Waals surface area contributed by atoms with Crippen molar-refractivity contribution in [3.8, 4) is 0 Å². The number of nitrogens with two attached hydrogens (primary N) is 1. The maximum atomic E-state index is 11.8. The highest BCUT2D eigenvalue weighted by atomic mass is 16.2. The van der Waals surface area contributed by atoms with Crippen LogP contribution >= 0.6 is 0 Å². The highest BCUT2D eigenvalue weighted by Gasteiger charge is 2.17. The number of carbonyl (C=O) groups excluding carboxylic acids is 2. The van der Waals surface area contributed by atoms with E-state index >= 15 is 0 Å². The first-order chi connectivity index (χ1) is 10.2. The van der Waals surface area contributed by atoms with Crippen LogP contribution in [0.1, 0.15) is 58.3 Å². The molecule has 0 aromatic heterocycles. The summed E-state index contributed by atoms with van der Waals surface area (Å²) in [5.41, 5.74) is 5.60. The number of hydrogen-bond acceptors (Lipinski definition) is 3. The van der Waals surface area contributed by atoms with E-state index in [1.165, 1.54) is 0 Å². The summed E-state index contributed by atoms with van der Waals surface area (Å²) in [6.07, 6.45) is 7.35. The molecule has 1 rings (SSSR count). The Morgan fingerprint density at radius 3 is 2.48 bits per heavy atom.